The number of carbonyl (C=O) groups is 1. The SMILES string of the molecule is COc1ccc(CCC(=O)NCC2CCN(Cc3cccnc3)CC2)cc1. The number of rotatable bonds is 8. The predicted molar refractivity (Wildman–Crippen MR) is 107 cm³/mol. The summed E-state index contributed by atoms with van der Waals surface area (Å²) in [6.07, 6.45) is 7.33. The van der Waals surface area contributed by atoms with Crippen LogP contribution < -0.4 is 10.1 Å². The van der Waals surface area contributed by atoms with Crippen molar-refractivity contribution >= 4 is 5.91 Å². The third-order valence-electron chi connectivity index (χ3n) is 5.22. The van der Waals surface area contributed by atoms with Crippen LogP contribution in [-0.2, 0) is 17.8 Å². The van der Waals surface area contributed by atoms with Crippen molar-refractivity contribution in [3.8, 4) is 5.75 Å². The standard InChI is InChI=1S/C22H29N3O2/c1-27-21-7-4-18(5-8-21)6-9-22(26)24-16-19-10-13-25(14-11-19)17-20-3-2-12-23-15-20/h2-5,7-8,12,15,19H,6,9-11,13-14,16-17H2,1H3,(H,24,26). The van der Waals surface area contributed by atoms with E-state index in [0.717, 1.165) is 56.8 Å². The topological polar surface area (TPSA) is 54.5 Å². The lowest BCUT2D eigenvalue weighted by atomic mass is 9.96. The van der Waals surface area contributed by atoms with Gasteiger partial charge in [-0.2, -0.15) is 0 Å². The first-order valence-corrected chi connectivity index (χ1v) is 9.74. The molecule has 0 bridgehead atoms. The van der Waals surface area contributed by atoms with Crippen LogP contribution in [-0.4, -0.2) is 42.5 Å². The Hall–Kier alpha value is -2.40. The average Bonchev–Trinajstić information content (AvgIpc) is 2.73. The number of hydrogen-bond donors (Lipinski definition) is 1. The normalized spacial score (nSPS) is 15.4. The van der Waals surface area contributed by atoms with Gasteiger partial charge in [0, 0.05) is 31.9 Å². The highest BCUT2D eigenvalue weighted by atomic mass is 16.5. The lowest BCUT2D eigenvalue weighted by molar-refractivity contribution is -0.121. The number of benzene rings is 1. The molecule has 0 atom stereocenters. The van der Waals surface area contributed by atoms with Crippen molar-refractivity contribution in [2.75, 3.05) is 26.7 Å². The maximum absolute atomic E-state index is 12.1. The number of aromatic nitrogens is 1. The van der Waals surface area contributed by atoms with E-state index < -0.39 is 0 Å². The molecule has 0 radical (unpaired) electrons. The smallest absolute Gasteiger partial charge is 0.220 e. The van der Waals surface area contributed by atoms with E-state index in [0.29, 0.717) is 12.3 Å². The fourth-order valence-electron chi connectivity index (χ4n) is 3.50. The van der Waals surface area contributed by atoms with E-state index in [1.54, 1.807) is 7.11 Å². The third kappa shape index (κ3) is 6.36. The van der Waals surface area contributed by atoms with E-state index in [2.05, 4.69) is 21.3 Å². The molecular formula is C22H29N3O2. The highest BCUT2D eigenvalue weighted by molar-refractivity contribution is 5.76. The van der Waals surface area contributed by atoms with Crippen LogP contribution in [0.25, 0.3) is 0 Å². The summed E-state index contributed by atoms with van der Waals surface area (Å²) < 4.78 is 5.16. The van der Waals surface area contributed by atoms with Crippen molar-refractivity contribution in [3.05, 3.63) is 59.9 Å². The van der Waals surface area contributed by atoms with Crippen molar-refractivity contribution < 1.29 is 9.53 Å². The maximum Gasteiger partial charge on any atom is 0.220 e. The van der Waals surface area contributed by atoms with Crippen molar-refractivity contribution in [2.45, 2.75) is 32.2 Å². The number of methoxy groups -OCH3 is 1. The van der Waals surface area contributed by atoms with Crippen LogP contribution in [0.4, 0.5) is 0 Å². The Labute approximate surface area is 161 Å². The molecule has 27 heavy (non-hydrogen) atoms. The van der Waals surface area contributed by atoms with Gasteiger partial charge in [0.25, 0.3) is 0 Å². The van der Waals surface area contributed by atoms with Gasteiger partial charge in [-0.1, -0.05) is 18.2 Å². The molecule has 3 rings (SSSR count). The maximum atomic E-state index is 12.1. The molecule has 2 aromatic rings. The van der Waals surface area contributed by atoms with Gasteiger partial charge in [-0.15, -0.1) is 0 Å². The van der Waals surface area contributed by atoms with Gasteiger partial charge in [0.2, 0.25) is 5.91 Å². The summed E-state index contributed by atoms with van der Waals surface area (Å²) in [6, 6.07) is 12.0. The zero-order chi connectivity index (χ0) is 18.9. The fraction of sp³-hybridized carbons (Fsp3) is 0.455. The molecule has 0 saturated carbocycles. The third-order valence-corrected chi connectivity index (χ3v) is 5.22. The van der Waals surface area contributed by atoms with E-state index in [4.69, 9.17) is 4.74 Å². The van der Waals surface area contributed by atoms with Crippen LogP contribution in [0.3, 0.4) is 0 Å². The second-order valence-corrected chi connectivity index (χ2v) is 7.23. The van der Waals surface area contributed by atoms with E-state index in [1.165, 1.54) is 5.56 Å². The van der Waals surface area contributed by atoms with Gasteiger partial charge in [-0.25, -0.2) is 0 Å². The Bertz CT molecular complexity index is 695. The molecular weight excluding hydrogens is 338 g/mol. The lowest BCUT2D eigenvalue weighted by Crippen LogP contribution is -2.38. The average molecular weight is 367 g/mol. The minimum atomic E-state index is 0.142. The second-order valence-electron chi connectivity index (χ2n) is 7.23. The number of ether oxygens (including phenoxy) is 1. The van der Waals surface area contributed by atoms with Crippen molar-refractivity contribution in [1.82, 2.24) is 15.2 Å². The van der Waals surface area contributed by atoms with Crippen LogP contribution >= 0.6 is 0 Å². The summed E-state index contributed by atoms with van der Waals surface area (Å²) >= 11 is 0. The van der Waals surface area contributed by atoms with Gasteiger partial charge in [-0.05, 0) is 67.6 Å². The van der Waals surface area contributed by atoms with Gasteiger partial charge >= 0.3 is 0 Å². The molecule has 1 aromatic heterocycles. The number of piperidine rings is 1. The molecule has 1 aliphatic heterocycles. The minimum Gasteiger partial charge on any atom is -0.497 e. The molecule has 1 saturated heterocycles. The van der Waals surface area contributed by atoms with Crippen molar-refractivity contribution in [1.29, 1.82) is 0 Å². The molecule has 1 aliphatic rings. The number of hydrogen-bond acceptors (Lipinski definition) is 4. The van der Waals surface area contributed by atoms with Crippen LogP contribution in [0.5, 0.6) is 5.75 Å². The Kier molecular flexibility index (Phi) is 7.22. The molecule has 144 valence electrons. The zero-order valence-electron chi connectivity index (χ0n) is 16.1. The van der Waals surface area contributed by atoms with Gasteiger partial charge in [0.1, 0.15) is 5.75 Å². The summed E-state index contributed by atoms with van der Waals surface area (Å²) in [5, 5.41) is 3.12. The molecule has 0 aliphatic carbocycles. The van der Waals surface area contributed by atoms with Crippen LogP contribution in [0.2, 0.25) is 0 Å². The van der Waals surface area contributed by atoms with Crippen LogP contribution in [0.1, 0.15) is 30.4 Å². The molecule has 1 aromatic carbocycles. The summed E-state index contributed by atoms with van der Waals surface area (Å²) in [5.74, 6) is 1.57. The molecule has 2 heterocycles. The first-order chi connectivity index (χ1) is 13.2. The van der Waals surface area contributed by atoms with Crippen molar-refractivity contribution in [2.24, 2.45) is 5.92 Å². The molecule has 1 fully saturated rings. The van der Waals surface area contributed by atoms with Crippen molar-refractivity contribution in [3.63, 3.8) is 0 Å². The van der Waals surface area contributed by atoms with Gasteiger partial charge in [0.15, 0.2) is 0 Å². The Balaban J connectivity index is 1.31. The van der Waals surface area contributed by atoms with Gasteiger partial charge in [-0.3, -0.25) is 14.7 Å². The van der Waals surface area contributed by atoms with Gasteiger partial charge < -0.3 is 10.1 Å². The van der Waals surface area contributed by atoms with Gasteiger partial charge in [0.05, 0.1) is 7.11 Å². The molecule has 0 unspecified atom stereocenters. The first kappa shape index (κ1) is 19.4. The molecule has 5 heteroatoms. The number of amides is 1. The number of nitrogens with zero attached hydrogens (tertiary/aromatic N) is 2. The quantitative estimate of drug-likeness (QED) is 0.779. The van der Waals surface area contributed by atoms with E-state index in [-0.39, 0.29) is 5.91 Å². The first-order valence-electron chi connectivity index (χ1n) is 9.74. The Morgan fingerprint density at radius 2 is 1.96 bits per heavy atom. The van der Waals surface area contributed by atoms with Crippen LogP contribution in [0.15, 0.2) is 48.8 Å². The molecule has 1 N–H and O–H groups in total. The molecule has 1 amide bonds. The minimum absolute atomic E-state index is 0.142. The summed E-state index contributed by atoms with van der Waals surface area (Å²) in [7, 11) is 1.66. The van der Waals surface area contributed by atoms with Crippen LogP contribution in [0, 0.1) is 5.92 Å². The number of aryl methyl sites for hydroxylation is 1. The predicted octanol–water partition coefficient (Wildman–Crippen LogP) is 3.05. The highest BCUT2D eigenvalue weighted by Crippen LogP contribution is 2.18. The largest absolute Gasteiger partial charge is 0.497 e. The van der Waals surface area contributed by atoms with E-state index in [9.17, 15) is 4.79 Å². The summed E-state index contributed by atoms with van der Waals surface area (Å²) in [6.45, 7) is 3.93. The monoisotopic (exact) mass is 367 g/mol. The number of carbonyl (C=O) groups excluding carboxylic acids is 1. The van der Waals surface area contributed by atoms with E-state index >= 15 is 0 Å². The lowest BCUT2D eigenvalue weighted by Gasteiger charge is -2.32. The second kappa shape index (κ2) is 10.1. The zero-order valence-corrected chi connectivity index (χ0v) is 16.1. The summed E-state index contributed by atoms with van der Waals surface area (Å²) in [4.78, 5) is 18.8. The van der Waals surface area contributed by atoms with E-state index in [1.807, 2.05) is 42.7 Å². The summed E-state index contributed by atoms with van der Waals surface area (Å²) in [5.41, 5.74) is 2.43. The number of nitrogens with one attached hydrogen (secondary N) is 1. The fourth-order valence-corrected chi connectivity index (χ4v) is 3.50. The Morgan fingerprint density at radius 1 is 1.19 bits per heavy atom. The number of likely N-dealkylation sites (tertiary alicyclic amines) is 1. The molecule has 0 spiro atoms. The molecule has 5 nitrogen and oxygen atoms in total. The number of pyridine rings is 1. The highest BCUT2D eigenvalue weighted by Gasteiger charge is 2.19. The Morgan fingerprint density at radius 3 is 2.63 bits per heavy atom.